The molecule has 0 fully saturated rings. The quantitative estimate of drug-likeness (QED) is 0.869. The molecule has 1 aromatic heterocycles. The van der Waals surface area contributed by atoms with E-state index in [2.05, 4.69) is 10.3 Å². The van der Waals surface area contributed by atoms with Crippen LogP contribution in [0, 0.1) is 5.82 Å². The second kappa shape index (κ2) is 6.14. The number of carboxylic acids is 1. The van der Waals surface area contributed by atoms with Crippen molar-refractivity contribution in [1.29, 1.82) is 0 Å². The van der Waals surface area contributed by atoms with E-state index >= 15 is 0 Å². The molecule has 0 aliphatic heterocycles. The van der Waals surface area contributed by atoms with Gasteiger partial charge in [0.25, 0.3) is 0 Å². The van der Waals surface area contributed by atoms with Gasteiger partial charge in [0, 0.05) is 18.8 Å². The summed E-state index contributed by atoms with van der Waals surface area (Å²) >= 11 is 0. The molecule has 2 aromatic rings. The highest BCUT2D eigenvalue weighted by atomic mass is 19.1. The van der Waals surface area contributed by atoms with Crippen LogP contribution in [0.15, 0.2) is 30.5 Å². The van der Waals surface area contributed by atoms with Crippen molar-refractivity contribution in [3.63, 3.8) is 0 Å². The zero-order valence-corrected chi connectivity index (χ0v) is 11.0. The Morgan fingerprint density at radius 2 is 2.30 bits per heavy atom. The van der Waals surface area contributed by atoms with Gasteiger partial charge in [-0.25, -0.2) is 13.9 Å². The third-order valence-corrected chi connectivity index (χ3v) is 2.91. The maximum absolute atomic E-state index is 13.2. The Morgan fingerprint density at radius 1 is 1.50 bits per heavy atom. The second-order valence-electron chi connectivity index (χ2n) is 4.23. The molecular weight excluding hydrogens is 263 g/mol. The van der Waals surface area contributed by atoms with Crippen LogP contribution in [0.3, 0.4) is 0 Å². The molecule has 20 heavy (non-hydrogen) atoms. The molecule has 1 aromatic carbocycles. The fourth-order valence-corrected chi connectivity index (χ4v) is 1.87. The van der Waals surface area contributed by atoms with E-state index in [1.807, 2.05) is 17.9 Å². The van der Waals surface area contributed by atoms with Gasteiger partial charge in [0.1, 0.15) is 5.82 Å². The van der Waals surface area contributed by atoms with Gasteiger partial charge in [0.15, 0.2) is 5.69 Å². The van der Waals surface area contributed by atoms with Gasteiger partial charge in [-0.3, -0.25) is 0 Å². The number of rotatable bonds is 6. The summed E-state index contributed by atoms with van der Waals surface area (Å²) in [5.74, 6) is -1.39. The Kier molecular flexibility index (Phi) is 4.29. The first-order valence-electron chi connectivity index (χ1n) is 6.24. The molecule has 0 saturated carbocycles. The van der Waals surface area contributed by atoms with E-state index in [-0.39, 0.29) is 11.5 Å². The van der Waals surface area contributed by atoms with Crippen LogP contribution in [0.1, 0.15) is 17.4 Å². The fourth-order valence-electron chi connectivity index (χ4n) is 1.87. The molecule has 0 bridgehead atoms. The number of benzene rings is 1. The summed E-state index contributed by atoms with van der Waals surface area (Å²) in [5, 5.41) is 16.0. The molecule has 0 amide bonds. The molecule has 2 rings (SSSR count). The Hall–Kier alpha value is -2.44. The van der Waals surface area contributed by atoms with Crippen LogP contribution < -0.4 is 4.90 Å². The second-order valence-corrected chi connectivity index (χ2v) is 4.23. The van der Waals surface area contributed by atoms with E-state index in [9.17, 15) is 9.18 Å². The Bertz CT molecular complexity index is 600. The van der Waals surface area contributed by atoms with Crippen LogP contribution in [0.5, 0.6) is 0 Å². The minimum Gasteiger partial charge on any atom is -0.476 e. The van der Waals surface area contributed by atoms with Crippen LogP contribution in [0.4, 0.5) is 10.1 Å². The van der Waals surface area contributed by atoms with Gasteiger partial charge >= 0.3 is 5.97 Å². The smallest absolute Gasteiger partial charge is 0.358 e. The molecule has 0 spiro atoms. The first kappa shape index (κ1) is 14.0. The standard InChI is InChI=1S/C13H15FN4O2/c1-2-17(11-5-3-4-10(14)8-11)6-7-18-9-12(13(19)20)15-16-18/h3-5,8-9H,2,6-7H2,1H3,(H,19,20). The van der Waals surface area contributed by atoms with Crippen LogP contribution in [-0.4, -0.2) is 39.2 Å². The largest absolute Gasteiger partial charge is 0.476 e. The molecule has 106 valence electrons. The van der Waals surface area contributed by atoms with E-state index in [0.29, 0.717) is 19.6 Å². The fraction of sp³-hybridized carbons (Fsp3) is 0.308. The molecule has 7 heteroatoms. The van der Waals surface area contributed by atoms with Crippen molar-refractivity contribution in [2.45, 2.75) is 13.5 Å². The summed E-state index contributed by atoms with van der Waals surface area (Å²) in [7, 11) is 0. The minimum absolute atomic E-state index is 0.0844. The molecule has 6 nitrogen and oxygen atoms in total. The lowest BCUT2D eigenvalue weighted by Gasteiger charge is -2.22. The topological polar surface area (TPSA) is 71.2 Å². The SMILES string of the molecule is CCN(CCn1cc(C(=O)O)nn1)c1cccc(F)c1. The lowest BCUT2D eigenvalue weighted by atomic mass is 10.2. The summed E-state index contributed by atoms with van der Waals surface area (Å²) in [5.41, 5.74) is 0.699. The maximum Gasteiger partial charge on any atom is 0.358 e. The molecule has 0 radical (unpaired) electrons. The average molecular weight is 278 g/mol. The number of nitrogens with zero attached hydrogens (tertiary/aromatic N) is 4. The number of aromatic carboxylic acids is 1. The molecule has 1 heterocycles. The summed E-state index contributed by atoms with van der Waals surface area (Å²) in [6.45, 7) is 3.74. The van der Waals surface area contributed by atoms with Gasteiger partial charge in [-0.2, -0.15) is 0 Å². The summed E-state index contributed by atoms with van der Waals surface area (Å²) in [6, 6.07) is 6.35. The predicted octanol–water partition coefficient (Wildman–Crippen LogP) is 1.64. The minimum atomic E-state index is -1.10. The molecule has 0 saturated heterocycles. The van der Waals surface area contributed by atoms with E-state index in [1.54, 1.807) is 6.07 Å². The van der Waals surface area contributed by atoms with E-state index in [0.717, 1.165) is 5.69 Å². The third-order valence-electron chi connectivity index (χ3n) is 2.91. The number of halogens is 1. The Balaban J connectivity index is 2.01. The zero-order chi connectivity index (χ0) is 14.5. The van der Waals surface area contributed by atoms with Crippen molar-refractivity contribution < 1.29 is 14.3 Å². The zero-order valence-electron chi connectivity index (χ0n) is 11.0. The van der Waals surface area contributed by atoms with E-state index in [1.165, 1.54) is 23.0 Å². The van der Waals surface area contributed by atoms with Crippen molar-refractivity contribution in [3.8, 4) is 0 Å². The van der Waals surface area contributed by atoms with Gasteiger partial charge in [0.05, 0.1) is 12.7 Å². The Morgan fingerprint density at radius 3 is 2.90 bits per heavy atom. The van der Waals surface area contributed by atoms with E-state index < -0.39 is 5.97 Å². The van der Waals surface area contributed by atoms with Crippen LogP contribution in [0.2, 0.25) is 0 Å². The summed E-state index contributed by atoms with van der Waals surface area (Å²) < 4.78 is 14.7. The molecule has 0 aliphatic carbocycles. The van der Waals surface area contributed by atoms with Gasteiger partial charge in [0.2, 0.25) is 0 Å². The molecule has 0 atom stereocenters. The molecule has 0 unspecified atom stereocenters. The van der Waals surface area contributed by atoms with Crippen LogP contribution in [-0.2, 0) is 6.54 Å². The summed E-state index contributed by atoms with van der Waals surface area (Å²) in [6.07, 6.45) is 1.38. The van der Waals surface area contributed by atoms with Crippen molar-refractivity contribution in [2.75, 3.05) is 18.0 Å². The molecule has 1 N–H and O–H groups in total. The van der Waals surface area contributed by atoms with Crippen molar-refractivity contribution >= 4 is 11.7 Å². The molecule has 0 aliphatic rings. The van der Waals surface area contributed by atoms with Crippen molar-refractivity contribution in [3.05, 3.63) is 42.0 Å². The highest BCUT2D eigenvalue weighted by Crippen LogP contribution is 2.15. The van der Waals surface area contributed by atoms with Gasteiger partial charge in [-0.1, -0.05) is 11.3 Å². The maximum atomic E-state index is 13.2. The summed E-state index contributed by atoms with van der Waals surface area (Å²) in [4.78, 5) is 12.7. The van der Waals surface area contributed by atoms with Crippen LogP contribution >= 0.6 is 0 Å². The monoisotopic (exact) mass is 278 g/mol. The van der Waals surface area contributed by atoms with Crippen molar-refractivity contribution in [1.82, 2.24) is 15.0 Å². The number of carbonyl (C=O) groups is 1. The van der Waals surface area contributed by atoms with Gasteiger partial charge < -0.3 is 10.0 Å². The van der Waals surface area contributed by atoms with Gasteiger partial charge in [-0.05, 0) is 25.1 Å². The van der Waals surface area contributed by atoms with Crippen LogP contribution in [0.25, 0.3) is 0 Å². The number of anilines is 1. The molecular formula is C13H15FN4O2. The highest BCUT2D eigenvalue weighted by molar-refractivity contribution is 5.84. The number of hydrogen-bond donors (Lipinski definition) is 1. The number of aromatic nitrogens is 3. The van der Waals surface area contributed by atoms with E-state index in [4.69, 9.17) is 5.11 Å². The lowest BCUT2D eigenvalue weighted by molar-refractivity contribution is 0.0690. The number of hydrogen-bond acceptors (Lipinski definition) is 4. The van der Waals surface area contributed by atoms with Gasteiger partial charge in [-0.15, -0.1) is 5.10 Å². The Labute approximate surface area is 115 Å². The number of carboxylic acid groups (broad SMARTS) is 1. The lowest BCUT2D eigenvalue weighted by Crippen LogP contribution is -2.27. The first-order chi connectivity index (χ1) is 9.60. The normalized spacial score (nSPS) is 10.5. The first-order valence-corrected chi connectivity index (χ1v) is 6.24. The third kappa shape index (κ3) is 3.31. The number of likely N-dealkylation sites (N-methyl/N-ethyl adjacent to an activating group) is 1. The van der Waals surface area contributed by atoms with Crippen molar-refractivity contribution in [2.24, 2.45) is 0 Å². The average Bonchev–Trinajstić information content (AvgIpc) is 2.88. The highest BCUT2D eigenvalue weighted by Gasteiger charge is 2.10. The predicted molar refractivity (Wildman–Crippen MR) is 71.3 cm³/mol.